The highest BCUT2D eigenvalue weighted by atomic mass is 32.1. The van der Waals surface area contributed by atoms with Gasteiger partial charge in [0.2, 0.25) is 5.91 Å². The number of thiophene rings is 1. The van der Waals surface area contributed by atoms with Crippen molar-refractivity contribution in [1.29, 1.82) is 0 Å². The fraction of sp³-hybridized carbons (Fsp3) is 0.455. The fourth-order valence-corrected chi connectivity index (χ4v) is 2.44. The molecule has 0 radical (unpaired) electrons. The first kappa shape index (κ1) is 14.1. The van der Waals surface area contributed by atoms with Gasteiger partial charge in [0.1, 0.15) is 0 Å². The molecule has 17 heavy (non-hydrogen) atoms. The van der Waals surface area contributed by atoms with Crippen LogP contribution in [0.5, 0.6) is 0 Å². The quantitative estimate of drug-likeness (QED) is 0.801. The monoisotopic (exact) mass is 272 g/mol. The number of hydrogen-bond acceptors (Lipinski definition) is 4. The van der Waals surface area contributed by atoms with E-state index >= 15 is 0 Å². The van der Waals surface area contributed by atoms with Gasteiger partial charge in [0, 0.05) is 23.4 Å². The highest BCUT2D eigenvalue weighted by Gasteiger charge is 2.13. The predicted molar refractivity (Wildman–Crippen MR) is 71.8 cm³/mol. The van der Waals surface area contributed by atoms with Crippen molar-refractivity contribution in [2.45, 2.75) is 18.7 Å². The minimum absolute atomic E-state index is 0.0420. The Kier molecular flexibility index (Phi) is 5.50. The van der Waals surface area contributed by atoms with Gasteiger partial charge in [-0.25, -0.2) is 0 Å². The van der Waals surface area contributed by atoms with Gasteiger partial charge in [-0.2, -0.15) is 0 Å². The third-order valence-corrected chi connectivity index (χ3v) is 3.69. The van der Waals surface area contributed by atoms with E-state index < -0.39 is 0 Å². The van der Waals surface area contributed by atoms with Crippen LogP contribution in [-0.2, 0) is 4.79 Å². The van der Waals surface area contributed by atoms with Crippen LogP contribution in [0.3, 0.4) is 0 Å². The molecule has 0 saturated carbocycles. The van der Waals surface area contributed by atoms with Gasteiger partial charge in [0.05, 0.1) is 11.4 Å². The second-order valence-electron chi connectivity index (χ2n) is 3.42. The van der Waals surface area contributed by atoms with E-state index in [9.17, 15) is 9.59 Å². The number of hydrogen-bond donors (Lipinski definition) is 2. The number of rotatable bonds is 5. The van der Waals surface area contributed by atoms with Gasteiger partial charge in [-0.15, -0.1) is 24.0 Å². The maximum atomic E-state index is 11.7. The molecule has 1 N–H and O–H groups in total. The molecule has 0 aliphatic heterocycles. The van der Waals surface area contributed by atoms with Gasteiger partial charge < -0.3 is 10.2 Å². The van der Waals surface area contributed by atoms with E-state index in [1.54, 1.807) is 16.3 Å². The van der Waals surface area contributed by atoms with Crippen molar-refractivity contribution in [3.63, 3.8) is 0 Å². The van der Waals surface area contributed by atoms with Gasteiger partial charge in [-0.3, -0.25) is 9.59 Å². The van der Waals surface area contributed by atoms with Crippen LogP contribution < -0.4 is 5.32 Å². The number of amides is 2. The van der Waals surface area contributed by atoms with E-state index in [0.29, 0.717) is 18.0 Å². The summed E-state index contributed by atoms with van der Waals surface area (Å²) in [5, 5.41) is 4.39. The topological polar surface area (TPSA) is 49.4 Å². The Labute approximate surface area is 110 Å². The SMILES string of the molecule is CCN(CC)C(=O)CNC(=O)c1cc(S)cs1. The molecule has 0 aliphatic rings. The molecule has 1 aromatic rings. The van der Waals surface area contributed by atoms with Gasteiger partial charge in [-0.05, 0) is 19.9 Å². The summed E-state index contributed by atoms with van der Waals surface area (Å²) in [7, 11) is 0. The summed E-state index contributed by atoms with van der Waals surface area (Å²) in [6.07, 6.45) is 0. The maximum Gasteiger partial charge on any atom is 0.261 e. The fourth-order valence-electron chi connectivity index (χ4n) is 1.38. The Bertz CT molecular complexity index is 400. The molecule has 1 aromatic heterocycles. The normalized spacial score (nSPS) is 10.1. The third kappa shape index (κ3) is 4.05. The molecule has 94 valence electrons. The van der Waals surface area contributed by atoms with Crippen molar-refractivity contribution in [3.8, 4) is 0 Å². The van der Waals surface area contributed by atoms with E-state index in [4.69, 9.17) is 0 Å². The van der Waals surface area contributed by atoms with Crippen molar-refractivity contribution in [1.82, 2.24) is 10.2 Å². The molecular formula is C11H16N2O2S2. The van der Waals surface area contributed by atoms with E-state index in [0.717, 1.165) is 4.90 Å². The molecule has 6 heteroatoms. The zero-order chi connectivity index (χ0) is 12.8. The van der Waals surface area contributed by atoms with Crippen LogP contribution in [0.25, 0.3) is 0 Å². The summed E-state index contributed by atoms with van der Waals surface area (Å²) < 4.78 is 0. The van der Waals surface area contributed by atoms with Crippen LogP contribution in [0.2, 0.25) is 0 Å². The predicted octanol–water partition coefficient (Wildman–Crippen LogP) is 1.63. The van der Waals surface area contributed by atoms with Crippen molar-refractivity contribution in [2.24, 2.45) is 0 Å². The molecule has 4 nitrogen and oxygen atoms in total. The molecule has 1 rings (SSSR count). The van der Waals surface area contributed by atoms with Crippen molar-refractivity contribution < 1.29 is 9.59 Å². The number of nitrogens with zero attached hydrogens (tertiary/aromatic N) is 1. The average Bonchev–Trinajstić information content (AvgIpc) is 2.74. The van der Waals surface area contributed by atoms with Crippen LogP contribution >= 0.6 is 24.0 Å². The molecule has 0 aliphatic carbocycles. The lowest BCUT2D eigenvalue weighted by atomic mass is 10.4. The summed E-state index contributed by atoms with van der Waals surface area (Å²) in [6, 6.07) is 1.69. The molecule has 1 heterocycles. The summed E-state index contributed by atoms with van der Waals surface area (Å²) in [6.45, 7) is 5.18. The number of carbonyl (C=O) groups excluding carboxylic acids is 2. The van der Waals surface area contributed by atoms with E-state index in [-0.39, 0.29) is 18.4 Å². The Morgan fingerprint density at radius 2 is 2.06 bits per heavy atom. The van der Waals surface area contributed by atoms with E-state index in [2.05, 4.69) is 17.9 Å². The Morgan fingerprint density at radius 1 is 1.41 bits per heavy atom. The Hall–Kier alpha value is -1.01. The lowest BCUT2D eigenvalue weighted by molar-refractivity contribution is -0.129. The third-order valence-electron chi connectivity index (χ3n) is 2.33. The van der Waals surface area contributed by atoms with Gasteiger partial charge >= 0.3 is 0 Å². The largest absolute Gasteiger partial charge is 0.342 e. The number of carbonyl (C=O) groups is 2. The second kappa shape index (κ2) is 6.66. The molecule has 0 bridgehead atoms. The van der Waals surface area contributed by atoms with Crippen LogP contribution in [0.4, 0.5) is 0 Å². The number of nitrogens with one attached hydrogen (secondary N) is 1. The van der Waals surface area contributed by atoms with Crippen molar-refractivity contribution in [2.75, 3.05) is 19.6 Å². The first-order valence-electron chi connectivity index (χ1n) is 5.42. The molecule has 0 saturated heterocycles. The van der Waals surface area contributed by atoms with Gasteiger partial charge in [0.15, 0.2) is 0 Å². The van der Waals surface area contributed by atoms with Crippen LogP contribution in [0.1, 0.15) is 23.5 Å². The lowest BCUT2D eigenvalue weighted by Crippen LogP contribution is -2.39. The molecular weight excluding hydrogens is 256 g/mol. The zero-order valence-corrected chi connectivity index (χ0v) is 11.6. The summed E-state index contributed by atoms with van der Waals surface area (Å²) in [4.78, 5) is 26.3. The summed E-state index contributed by atoms with van der Waals surface area (Å²) in [5.74, 6) is -0.290. The minimum Gasteiger partial charge on any atom is -0.342 e. The molecule has 0 fully saturated rings. The first-order valence-corrected chi connectivity index (χ1v) is 6.74. The highest BCUT2D eigenvalue weighted by molar-refractivity contribution is 7.80. The van der Waals surface area contributed by atoms with Gasteiger partial charge in [-0.1, -0.05) is 0 Å². The molecule has 0 unspecified atom stereocenters. The highest BCUT2D eigenvalue weighted by Crippen LogP contribution is 2.17. The zero-order valence-electron chi connectivity index (χ0n) is 9.90. The first-order chi connectivity index (χ1) is 8.08. The second-order valence-corrected chi connectivity index (χ2v) is 4.85. The van der Waals surface area contributed by atoms with Gasteiger partial charge in [0.25, 0.3) is 5.91 Å². The van der Waals surface area contributed by atoms with Crippen LogP contribution in [-0.4, -0.2) is 36.3 Å². The molecule has 2 amide bonds. The van der Waals surface area contributed by atoms with Crippen LogP contribution in [0.15, 0.2) is 16.3 Å². The maximum absolute atomic E-state index is 11.7. The van der Waals surface area contributed by atoms with E-state index in [1.807, 2.05) is 13.8 Å². The lowest BCUT2D eigenvalue weighted by Gasteiger charge is -2.18. The summed E-state index contributed by atoms with van der Waals surface area (Å²) in [5.41, 5.74) is 0. The molecule has 0 atom stereocenters. The minimum atomic E-state index is -0.226. The molecule has 0 spiro atoms. The average molecular weight is 272 g/mol. The van der Waals surface area contributed by atoms with Crippen molar-refractivity contribution in [3.05, 3.63) is 16.3 Å². The summed E-state index contributed by atoms with van der Waals surface area (Å²) >= 11 is 5.44. The Morgan fingerprint density at radius 3 is 2.53 bits per heavy atom. The Balaban J connectivity index is 2.46. The van der Waals surface area contributed by atoms with Crippen molar-refractivity contribution >= 4 is 35.8 Å². The van der Waals surface area contributed by atoms with E-state index in [1.165, 1.54) is 11.3 Å². The number of likely N-dealkylation sites (N-methyl/N-ethyl adjacent to an activating group) is 1. The number of thiol groups is 1. The standard InChI is InChI=1S/C11H16N2O2S2/c1-3-13(4-2)10(14)6-12-11(15)9-5-8(16)7-17-9/h5,7,16H,3-4,6H2,1-2H3,(H,12,15). The smallest absolute Gasteiger partial charge is 0.261 e. The van der Waals surface area contributed by atoms with Crippen LogP contribution in [0, 0.1) is 0 Å². The molecule has 0 aromatic carbocycles.